The van der Waals surface area contributed by atoms with Crippen molar-refractivity contribution in [3.8, 4) is 0 Å². The Kier molecular flexibility index (Phi) is 1.98. The maximum atomic E-state index is 11.9. The Bertz CT molecular complexity index is 350. The van der Waals surface area contributed by atoms with Crippen molar-refractivity contribution in [2.24, 2.45) is 5.41 Å². The summed E-state index contributed by atoms with van der Waals surface area (Å²) >= 11 is 0. The number of hydrogen-bond donors (Lipinski definition) is 0. The van der Waals surface area contributed by atoms with Gasteiger partial charge in [0, 0.05) is 17.7 Å². The first-order valence-corrected chi connectivity index (χ1v) is 5.10. The van der Waals surface area contributed by atoms with Gasteiger partial charge in [-0.15, -0.1) is 0 Å². The summed E-state index contributed by atoms with van der Waals surface area (Å²) in [4.78, 5) is 11.9. The van der Waals surface area contributed by atoms with Crippen LogP contribution in [-0.2, 0) is 13.0 Å². The van der Waals surface area contributed by atoms with Crippen molar-refractivity contribution in [3.63, 3.8) is 0 Å². The lowest BCUT2D eigenvalue weighted by Gasteiger charge is -2.14. The molecule has 1 aromatic heterocycles. The third-order valence-corrected chi connectivity index (χ3v) is 2.58. The maximum Gasteiger partial charge on any atom is 0.188 e. The number of aryl methyl sites for hydroxylation is 2. The highest BCUT2D eigenvalue weighted by atomic mass is 16.1. The van der Waals surface area contributed by atoms with Crippen molar-refractivity contribution >= 4 is 5.78 Å². The van der Waals surface area contributed by atoms with Crippen LogP contribution < -0.4 is 0 Å². The van der Waals surface area contributed by atoms with Crippen LogP contribution in [0, 0.1) is 5.41 Å². The maximum absolute atomic E-state index is 11.9. The molecule has 0 fully saturated rings. The molecule has 1 aromatic rings. The summed E-state index contributed by atoms with van der Waals surface area (Å²) in [5.41, 5.74) is 1.51. The first-order chi connectivity index (χ1) is 6.48. The average Bonchev–Trinajstić information content (AvgIpc) is 2.58. The quantitative estimate of drug-likeness (QED) is 0.638. The van der Waals surface area contributed by atoms with Gasteiger partial charge in [-0.25, -0.2) is 0 Å². The molecular weight excluding hydrogens is 176 g/mol. The van der Waals surface area contributed by atoms with Crippen LogP contribution in [0.4, 0.5) is 0 Å². The number of ketones is 1. The van der Waals surface area contributed by atoms with E-state index >= 15 is 0 Å². The zero-order valence-corrected chi connectivity index (χ0v) is 9.00. The first-order valence-electron chi connectivity index (χ1n) is 5.10. The lowest BCUT2D eigenvalue weighted by molar-refractivity contribution is 0.0852. The van der Waals surface area contributed by atoms with Gasteiger partial charge >= 0.3 is 0 Å². The molecule has 0 bridgehead atoms. The number of fused-ring (bicyclic) bond motifs is 1. The van der Waals surface area contributed by atoms with Gasteiger partial charge in [0.05, 0.1) is 0 Å². The molecule has 14 heavy (non-hydrogen) atoms. The van der Waals surface area contributed by atoms with E-state index < -0.39 is 0 Å². The molecule has 2 heterocycles. The molecular formula is C11H16N2O. The van der Waals surface area contributed by atoms with Crippen molar-refractivity contribution in [1.82, 2.24) is 9.78 Å². The SMILES string of the molecule is CC(C)(C)C(=O)c1cc2n(n1)CCC2. The number of rotatable bonds is 1. The summed E-state index contributed by atoms with van der Waals surface area (Å²) in [6.07, 6.45) is 2.22. The summed E-state index contributed by atoms with van der Waals surface area (Å²) in [6.45, 7) is 6.76. The predicted octanol–water partition coefficient (Wildman–Crippen LogP) is 2.06. The van der Waals surface area contributed by atoms with E-state index in [0.717, 1.165) is 19.4 Å². The van der Waals surface area contributed by atoms with Crippen molar-refractivity contribution in [2.75, 3.05) is 0 Å². The van der Waals surface area contributed by atoms with Crippen molar-refractivity contribution in [2.45, 2.75) is 40.2 Å². The Morgan fingerprint density at radius 1 is 1.50 bits per heavy atom. The van der Waals surface area contributed by atoms with E-state index in [1.807, 2.05) is 31.5 Å². The molecule has 0 amide bonds. The lowest BCUT2D eigenvalue weighted by Crippen LogP contribution is -2.21. The smallest absolute Gasteiger partial charge is 0.188 e. The molecule has 0 saturated heterocycles. The highest BCUT2D eigenvalue weighted by Crippen LogP contribution is 2.22. The largest absolute Gasteiger partial charge is 0.292 e. The minimum Gasteiger partial charge on any atom is -0.292 e. The minimum absolute atomic E-state index is 0.138. The van der Waals surface area contributed by atoms with E-state index in [1.165, 1.54) is 5.69 Å². The van der Waals surface area contributed by atoms with Crippen LogP contribution >= 0.6 is 0 Å². The molecule has 0 radical (unpaired) electrons. The number of carbonyl (C=O) groups excluding carboxylic acids is 1. The molecule has 1 aliphatic heterocycles. The van der Waals surface area contributed by atoms with E-state index in [2.05, 4.69) is 5.10 Å². The normalized spacial score (nSPS) is 15.6. The minimum atomic E-state index is -0.324. The van der Waals surface area contributed by atoms with Crippen LogP contribution in [0.5, 0.6) is 0 Å². The van der Waals surface area contributed by atoms with Crippen LogP contribution in [0.1, 0.15) is 43.4 Å². The number of carbonyl (C=O) groups is 1. The molecule has 0 saturated carbocycles. The standard InChI is InChI=1S/C11H16N2O/c1-11(2,3)10(14)9-7-8-5-4-6-13(8)12-9/h7H,4-6H2,1-3H3. The van der Waals surface area contributed by atoms with Gasteiger partial charge in [-0.3, -0.25) is 9.48 Å². The second-order valence-corrected chi connectivity index (χ2v) is 4.93. The number of Topliss-reactive ketones (excluding diaryl/α,β-unsaturated/α-hetero) is 1. The molecule has 1 aliphatic rings. The van der Waals surface area contributed by atoms with Gasteiger partial charge in [-0.05, 0) is 18.9 Å². The molecule has 0 aliphatic carbocycles. The van der Waals surface area contributed by atoms with Crippen LogP contribution in [-0.4, -0.2) is 15.6 Å². The van der Waals surface area contributed by atoms with Gasteiger partial charge < -0.3 is 0 Å². The zero-order valence-electron chi connectivity index (χ0n) is 9.00. The van der Waals surface area contributed by atoms with Crippen molar-refractivity contribution in [1.29, 1.82) is 0 Å². The Hall–Kier alpha value is -1.12. The third-order valence-electron chi connectivity index (χ3n) is 2.58. The second-order valence-electron chi connectivity index (χ2n) is 4.93. The van der Waals surface area contributed by atoms with E-state index in [0.29, 0.717) is 5.69 Å². The van der Waals surface area contributed by atoms with Gasteiger partial charge in [-0.1, -0.05) is 20.8 Å². The molecule has 0 unspecified atom stereocenters. The Morgan fingerprint density at radius 3 is 2.79 bits per heavy atom. The Labute approximate surface area is 84.1 Å². The summed E-state index contributed by atoms with van der Waals surface area (Å²) in [5, 5.41) is 4.32. The van der Waals surface area contributed by atoms with E-state index in [9.17, 15) is 4.79 Å². The monoisotopic (exact) mass is 192 g/mol. The summed E-state index contributed by atoms with van der Waals surface area (Å²) in [7, 11) is 0. The highest BCUT2D eigenvalue weighted by Gasteiger charge is 2.26. The fraction of sp³-hybridized carbons (Fsp3) is 0.636. The third kappa shape index (κ3) is 1.47. The molecule has 0 aromatic carbocycles. The summed E-state index contributed by atoms with van der Waals surface area (Å²) in [5.74, 6) is 0.138. The van der Waals surface area contributed by atoms with Crippen molar-refractivity contribution in [3.05, 3.63) is 17.5 Å². The molecule has 3 heteroatoms. The number of nitrogens with zero attached hydrogens (tertiary/aromatic N) is 2. The topological polar surface area (TPSA) is 34.9 Å². The molecule has 0 N–H and O–H groups in total. The van der Waals surface area contributed by atoms with Gasteiger partial charge in [-0.2, -0.15) is 5.10 Å². The van der Waals surface area contributed by atoms with Crippen LogP contribution in [0.3, 0.4) is 0 Å². The van der Waals surface area contributed by atoms with Crippen molar-refractivity contribution < 1.29 is 4.79 Å². The van der Waals surface area contributed by atoms with E-state index in [4.69, 9.17) is 0 Å². The fourth-order valence-electron chi connectivity index (χ4n) is 1.76. The number of hydrogen-bond acceptors (Lipinski definition) is 2. The fourth-order valence-corrected chi connectivity index (χ4v) is 1.76. The predicted molar refractivity (Wildman–Crippen MR) is 54.3 cm³/mol. The molecule has 0 spiro atoms. The van der Waals surface area contributed by atoms with E-state index in [-0.39, 0.29) is 11.2 Å². The van der Waals surface area contributed by atoms with Crippen LogP contribution in [0.25, 0.3) is 0 Å². The van der Waals surface area contributed by atoms with Gasteiger partial charge in [0.15, 0.2) is 5.78 Å². The van der Waals surface area contributed by atoms with Crippen LogP contribution in [0.2, 0.25) is 0 Å². The summed E-state index contributed by atoms with van der Waals surface area (Å²) < 4.78 is 1.96. The van der Waals surface area contributed by atoms with E-state index in [1.54, 1.807) is 0 Å². The Morgan fingerprint density at radius 2 is 2.21 bits per heavy atom. The lowest BCUT2D eigenvalue weighted by atomic mass is 9.89. The van der Waals surface area contributed by atoms with Gasteiger partial charge in [0.2, 0.25) is 0 Å². The zero-order chi connectivity index (χ0) is 10.3. The van der Waals surface area contributed by atoms with Gasteiger partial charge in [0.25, 0.3) is 0 Å². The second kappa shape index (κ2) is 2.94. The first kappa shape index (κ1) is 9.44. The highest BCUT2D eigenvalue weighted by molar-refractivity contribution is 5.98. The van der Waals surface area contributed by atoms with Crippen LogP contribution in [0.15, 0.2) is 6.07 Å². The molecule has 0 atom stereocenters. The summed E-state index contributed by atoms with van der Waals surface area (Å²) in [6, 6.07) is 1.95. The number of aromatic nitrogens is 2. The molecule has 76 valence electrons. The Balaban J connectivity index is 2.30. The molecule has 2 rings (SSSR count). The average molecular weight is 192 g/mol. The molecule has 3 nitrogen and oxygen atoms in total. The van der Waals surface area contributed by atoms with Gasteiger partial charge in [0.1, 0.15) is 5.69 Å².